The lowest BCUT2D eigenvalue weighted by Gasteiger charge is -2.39. The van der Waals surface area contributed by atoms with Crippen molar-refractivity contribution in [1.29, 1.82) is 0 Å². The lowest BCUT2D eigenvalue weighted by molar-refractivity contribution is -0.138. The monoisotopic (exact) mass is 265 g/mol. The van der Waals surface area contributed by atoms with Crippen LogP contribution in [0, 0.1) is 5.92 Å². The zero-order valence-corrected chi connectivity index (χ0v) is 11.9. The summed E-state index contributed by atoms with van der Waals surface area (Å²) in [5.41, 5.74) is 0. The van der Waals surface area contributed by atoms with Gasteiger partial charge in [0.05, 0.1) is 0 Å². The van der Waals surface area contributed by atoms with Crippen molar-refractivity contribution in [2.24, 2.45) is 5.92 Å². The van der Waals surface area contributed by atoms with E-state index in [0.29, 0.717) is 17.9 Å². The SMILES string of the molecule is O=C(C1CCNCC1)N1CCCC(N2CCCC2)C1. The number of amides is 1. The van der Waals surface area contributed by atoms with E-state index in [1.807, 2.05) is 0 Å². The van der Waals surface area contributed by atoms with Crippen molar-refractivity contribution in [3.8, 4) is 0 Å². The number of likely N-dealkylation sites (tertiary alicyclic amines) is 2. The number of rotatable bonds is 2. The van der Waals surface area contributed by atoms with Crippen LogP contribution in [-0.4, -0.2) is 61.0 Å². The molecule has 0 radical (unpaired) electrons. The molecule has 1 N–H and O–H groups in total. The highest BCUT2D eigenvalue weighted by atomic mass is 16.2. The predicted octanol–water partition coefficient (Wildman–Crippen LogP) is 1.07. The Morgan fingerprint density at radius 3 is 2.42 bits per heavy atom. The highest BCUT2D eigenvalue weighted by Gasteiger charge is 2.32. The minimum absolute atomic E-state index is 0.290. The minimum atomic E-state index is 0.290. The molecule has 19 heavy (non-hydrogen) atoms. The van der Waals surface area contributed by atoms with Crippen LogP contribution in [0.2, 0.25) is 0 Å². The van der Waals surface area contributed by atoms with E-state index in [1.165, 1.54) is 38.8 Å². The van der Waals surface area contributed by atoms with Gasteiger partial charge in [0.1, 0.15) is 0 Å². The molecule has 3 heterocycles. The first-order valence-electron chi connectivity index (χ1n) is 8.08. The Hall–Kier alpha value is -0.610. The smallest absolute Gasteiger partial charge is 0.225 e. The van der Waals surface area contributed by atoms with Crippen molar-refractivity contribution >= 4 is 5.91 Å². The van der Waals surface area contributed by atoms with E-state index in [-0.39, 0.29) is 0 Å². The topological polar surface area (TPSA) is 35.6 Å². The average Bonchev–Trinajstić information content (AvgIpc) is 3.02. The molecule has 3 saturated heterocycles. The summed E-state index contributed by atoms with van der Waals surface area (Å²) in [5, 5.41) is 3.35. The molecule has 0 aromatic heterocycles. The van der Waals surface area contributed by atoms with Gasteiger partial charge in [-0.1, -0.05) is 0 Å². The Labute approximate surface area is 116 Å². The van der Waals surface area contributed by atoms with Crippen LogP contribution in [0.1, 0.15) is 38.5 Å². The zero-order chi connectivity index (χ0) is 13.1. The number of carbonyl (C=O) groups is 1. The second kappa shape index (κ2) is 6.23. The van der Waals surface area contributed by atoms with Gasteiger partial charge < -0.3 is 10.2 Å². The van der Waals surface area contributed by atoms with Crippen LogP contribution in [0.3, 0.4) is 0 Å². The molecule has 0 spiro atoms. The summed E-state index contributed by atoms with van der Waals surface area (Å²) in [6.07, 6.45) is 7.23. The highest BCUT2D eigenvalue weighted by molar-refractivity contribution is 5.79. The summed E-state index contributed by atoms with van der Waals surface area (Å²) in [6, 6.07) is 0.641. The van der Waals surface area contributed by atoms with E-state index in [0.717, 1.165) is 39.0 Å². The Kier molecular flexibility index (Phi) is 4.38. The van der Waals surface area contributed by atoms with Gasteiger partial charge in [-0.3, -0.25) is 9.69 Å². The summed E-state index contributed by atoms with van der Waals surface area (Å²) in [6.45, 7) is 6.51. The number of carbonyl (C=O) groups excluding carboxylic acids is 1. The molecule has 108 valence electrons. The summed E-state index contributed by atoms with van der Waals surface area (Å²) in [4.78, 5) is 17.4. The maximum absolute atomic E-state index is 12.6. The lowest BCUT2D eigenvalue weighted by Crippen LogP contribution is -2.51. The van der Waals surface area contributed by atoms with Gasteiger partial charge in [0, 0.05) is 25.0 Å². The first-order valence-corrected chi connectivity index (χ1v) is 8.08. The number of hydrogen-bond acceptors (Lipinski definition) is 3. The summed E-state index contributed by atoms with van der Waals surface area (Å²) < 4.78 is 0. The molecule has 1 amide bonds. The van der Waals surface area contributed by atoms with Crippen molar-refractivity contribution in [3.63, 3.8) is 0 Å². The quantitative estimate of drug-likeness (QED) is 0.811. The van der Waals surface area contributed by atoms with Gasteiger partial charge in [-0.2, -0.15) is 0 Å². The second-order valence-electron chi connectivity index (χ2n) is 6.35. The molecule has 3 aliphatic heterocycles. The van der Waals surface area contributed by atoms with E-state index in [2.05, 4.69) is 15.1 Å². The number of nitrogens with zero attached hydrogens (tertiary/aromatic N) is 2. The van der Waals surface area contributed by atoms with Gasteiger partial charge in [-0.15, -0.1) is 0 Å². The van der Waals surface area contributed by atoms with Gasteiger partial charge in [-0.25, -0.2) is 0 Å². The Balaban J connectivity index is 1.56. The summed E-state index contributed by atoms with van der Waals surface area (Å²) in [7, 11) is 0. The fourth-order valence-electron chi connectivity index (χ4n) is 3.89. The molecule has 1 atom stereocenters. The van der Waals surface area contributed by atoms with Crippen LogP contribution in [0.5, 0.6) is 0 Å². The standard InChI is InChI=1S/C15H27N3O/c19-15(13-5-7-16-8-6-13)18-11-3-4-14(12-18)17-9-1-2-10-17/h13-14,16H,1-12H2. The first kappa shape index (κ1) is 13.4. The molecule has 0 saturated carbocycles. The van der Waals surface area contributed by atoms with Gasteiger partial charge in [0.2, 0.25) is 5.91 Å². The van der Waals surface area contributed by atoms with Crippen LogP contribution in [0.4, 0.5) is 0 Å². The molecule has 0 aromatic rings. The van der Waals surface area contributed by atoms with Crippen LogP contribution in [-0.2, 0) is 4.79 Å². The minimum Gasteiger partial charge on any atom is -0.341 e. The van der Waals surface area contributed by atoms with Gasteiger partial charge >= 0.3 is 0 Å². The van der Waals surface area contributed by atoms with Crippen LogP contribution < -0.4 is 5.32 Å². The first-order chi connectivity index (χ1) is 9.34. The number of piperidine rings is 2. The second-order valence-corrected chi connectivity index (χ2v) is 6.35. The molecule has 4 heteroatoms. The molecule has 0 aliphatic carbocycles. The Bertz CT molecular complexity index is 309. The van der Waals surface area contributed by atoms with Crippen molar-refractivity contribution in [2.75, 3.05) is 39.3 Å². The lowest BCUT2D eigenvalue weighted by atomic mass is 9.94. The van der Waals surface area contributed by atoms with Gasteiger partial charge in [-0.05, 0) is 64.7 Å². The molecular formula is C15H27N3O. The van der Waals surface area contributed by atoms with Gasteiger partial charge in [0.25, 0.3) is 0 Å². The van der Waals surface area contributed by atoms with Crippen LogP contribution in [0.25, 0.3) is 0 Å². The van der Waals surface area contributed by atoms with E-state index in [4.69, 9.17) is 0 Å². The van der Waals surface area contributed by atoms with Crippen LogP contribution in [0.15, 0.2) is 0 Å². The van der Waals surface area contributed by atoms with E-state index >= 15 is 0 Å². The summed E-state index contributed by atoms with van der Waals surface area (Å²) in [5.74, 6) is 0.726. The van der Waals surface area contributed by atoms with Crippen LogP contribution >= 0.6 is 0 Å². The molecule has 4 nitrogen and oxygen atoms in total. The average molecular weight is 265 g/mol. The van der Waals surface area contributed by atoms with E-state index in [1.54, 1.807) is 0 Å². The molecule has 3 rings (SSSR count). The zero-order valence-electron chi connectivity index (χ0n) is 11.9. The third-order valence-electron chi connectivity index (χ3n) is 5.05. The molecule has 3 fully saturated rings. The molecule has 1 unspecified atom stereocenters. The van der Waals surface area contributed by atoms with Gasteiger partial charge in [0.15, 0.2) is 0 Å². The van der Waals surface area contributed by atoms with Crippen molar-refractivity contribution in [2.45, 2.75) is 44.6 Å². The third kappa shape index (κ3) is 3.11. The summed E-state index contributed by atoms with van der Waals surface area (Å²) >= 11 is 0. The van der Waals surface area contributed by atoms with Crippen molar-refractivity contribution in [1.82, 2.24) is 15.1 Å². The van der Waals surface area contributed by atoms with Crippen molar-refractivity contribution in [3.05, 3.63) is 0 Å². The molecule has 3 aliphatic rings. The maximum Gasteiger partial charge on any atom is 0.225 e. The maximum atomic E-state index is 12.6. The Morgan fingerprint density at radius 2 is 1.68 bits per heavy atom. The predicted molar refractivity (Wildman–Crippen MR) is 76.0 cm³/mol. The van der Waals surface area contributed by atoms with Crippen molar-refractivity contribution < 1.29 is 4.79 Å². The van der Waals surface area contributed by atoms with E-state index < -0.39 is 0 Å². The third-order valence-corrected chi connectivity index (χ3v) is 5.05. The number of nitrogens with one attached hydrogen (secondary N) is 1. The molecular weight excluding hydrogens is 238 g/mol. The normalized spacial score (nSPS) is 30.7. The van der Waals surface area contributed by atoms with E-state index in [9.17, 15) is 4.79 Å². The largest absolute Gasteiger partial charge is 0.341 e. The molecule has 0 bridgehead atoms. The Morgan fingerprint density at radius 1 is 0.947 bits per heavy atom. The number of hydrogen-bond donors (Lipinski definition) is 1. The molecule has 0 aromatic carbocycles. The fourth-order valence-corrected chi connectivity index (χ4v) is 3.89. The highest BCUT2D eigenvalue weighted by Crippen LogP contribution is 2.23. The fraction of sp³-hybridized carbons (Fsp3) is 0.933.